The first-order chi connectivity index (χ1) is 12.7. The van der Waals surface area contributed by atoms with Gasteiger partial charge in [-0.1, -0.05) is 44.2 Å². The molecule has 0 saturated heterocycles. The second-order valence-corrected chi connectivity index (χ2v) is 6.25. The third-order valence-corrected chi connectivity index (χ3v) is 4.36. The van der Waals surface area contributed by atoms with Crippen LogP contribution in [0.2, 0.25) is 0 Å². The van der Waals surface area contributed by atoms with Crippen LogP contribution in [0.25, 0.3) is 0 Å². The number of carbonyl (C=O) groups excluding carboxylic acids is 1. The van der Waals surface area contributed by atoms with Crippen LogP contribution >= 0.6 is 0 Å². The second kappa shape index (κ2) is 8.39. The van der Waals surface area contributed by atoms with E-state index in [2.05, 4.69) is 31.3 Å². The lowest BCUT2D eigenvalue weighted by Gasteiger charge is -2.10. The lowest BCUT2D eigenvalue weighted by Crippen LogP contribution is -2.10. The summed E-state index contributed by atoms with van der Waals surface area (Å²) in [6.07, 6.45) is 1.11. The smallest absolute Gasteiger partial charge is 0.291 e. The molecule has 0 radical (unpaired) electrons. The number of anilines is 1. The molecular formula is C22H23NO3. The van der Waals surface area contributed by atoms with E-state index in [9.17, 15) is 4.79 Å². The van der Waals surface area contributed by atoms with Crippen LogP contribution in [-0.2, 0) is 6.61 Å². The van der Waals surface area contributed by atoms with E-state index in [4.69, 9.17) is 9.15 Å². The summed E-state index contributed by atoms with van der Waals surface area (Å²) in [5.41, 5.74) is 2.03. The fraction of sp³-hybridized carbons (Fsp3) is 0.227. The summed E-state index contributed by atoms with van der Waals surface area (Å²) < 4.78 is 11.3. The van der Waals surface area contributed by atoms with Gasteiger partial charge in [-0.2, -0.15) is 0 Å². The zero-order valence-corrected chi connectivity index (χ0v) is 15.1. The lowest BCUT2D eigenvalue weighted by molar-refractivity contribution is 0.0992. The number of hydrogen-bond acceptors (Lipinski definition) is 3. The number of furan rings is 1. The van der Waals surface area contributed by atoms with E-state index in [1.54, 1.807) is 12.1 Å². The number of ether oxygens (including phenoxy) is 1. The molecule has 4 heteroatoms. The molecular weight excluding hydrogens is 326 g/mol. The Kier molecular flexibility index (Phi) is 5.74. The van der Waals surface area contributed by atoms with E-state index in [0.29, 0.717) is 11.7 Å². The van der Waals surface area contributed by atoms with Crippen LogP contribution in [0.5, 0.6) is 5.75 Å². The van der Waals surface area contributed by atoms with Crippen LogP contribution in [0, 0.1) is 0 Å². The molecule has 2 aromatic carbocycles. The summed E-state index contributed by atoms with van der Waals surface area (Å²) in [5, 5.41) is 2.79. The summed E-state index contributed by atoms with van der Waals surface area (Å²) in [4.78, 5) is 12.2. The Balaban J connectivity index is 1.56. The minimum atomic E-state index is -0.277. The molecule has 0 fully saturated rings. The Labute approximate surface area is 153 Å². The molecule has 1 atom stereocenters. The molecule has 1 amide bonds. The molecule has 3 aromatic rings. The van der Waals surface area contributed by atoms with Crippen molar-refractivity contribution < 1.29 is 13.9 Å². The zero-order chi connectivity index (χ0) is 18.4. The van der Waals surface area contributed by atoms with Crippen LogP contribution in [-0.4, -0.2) is 5.91 Å². The lowest BCUT2D eigenvalue weighted by atomic mass is 9.99. The van der Waals surface area contributed by atoms with Crippen molar-refractivity contribution in [3.05, 3.63) is 83.8 Å². The van der Waals surface area contributed by atoms with E-state index in [1.165, 1.54) is 5.56 Å². The van der Waals surface area contributed by atoms with Gasteiger partial charge in [0.15, 0.2) is 5.76 Å². The number of benzene rings is 2. The van der Waals surface area contributed by atoms with Crippen LogP contribution < -0.4 is 10.1 Å². The maximum Gasteiger partial charge on any atom is 0.291 e. The average molecular weight is 349 g/mol. The fourth-order valence-electron chi connectivity index (χ4n) is 2.57. The quantitative estimate of drug-likeness (QED) is 0.602. The number of rotatable bonds is 7. The number of nitrogens with one attached hydrogen (secondary N) is 1. The van der Waals surface area contributed by atoms with E-state index in [1.807, 2.05) is 42.5 Å². The first-order valence-electron chi connectivity index (χ1n) is 8.83. The SMILES string of the molecule is CCC(C)c1ccc(OCc2ccc(C(=O)Nc3ccccc3)o2)cc1. The van der Waals surface area contributed by atoms with E-state index < -0.39 is 0 Å². The first-order valence-corrected chi connectivity index (χ1v) is 8.83. The standard InChI is InChI=1S/C22H23NO3/c1-3-16(2)17-9-11-19(12-10-17)25-15-20-13-14-21(26-20)22(24)23-18-7-5-4-6-8-18/h4-14,16H,3,15H2,1-2H3,(H,23,24). The molecule has 1 aromatic heterocycles. The Hall–Kier alpha value is -3.01. The van der Waals surface area contributed by atoms with Crippen LogP contribution in [0.4, 0.5) is 5.69 Å². The molecule has 26 heavy (non-hydrogen) atoms. The largest absolute Gasteiger partial charge is 0.486 e. The molecule has 0 aliphatic heterocycles. The molecule has 0 aliphatic rings. The number of amides is 1. The Bertz CT molecular complexity index is 837. The molecule has 4 nitrogen and oxygen atoms in total. The van der Waals surface area contributed by atoms with Gasteiger partial charge in [-0.15, -0.1) is 0 Å². The van der Waals surface area contributed by atoms with Crippen molar-refractivity contribution in [3.63, 3.8) is 0 Å². The maximum atomic E-state index is 12.2. The molecule has 3 rings (SSSR count). The molecule has 1 unspecified atom stereocenters. The second-order valence-electron chi connectivity index (χ2n) is 6.25. The van der Waals surface area contributed by atoms with Crippen molar-refractivity contribution in [2.75, 3.05) is 5.32 Å². The van der Waals surface area contributed by atoms with Crippen molar-refractivity contribution >= 4 is 11.6 Å². The minimum Gasteiger partial charge on any atom is -0.486 e. The molecule has 0 bridgehead atoms. The van der Waals surface area contributed by atoms with Crippen molar-refractivity contribution in [1.29, 1.82) is 0 Å². The van der Waals surface area contributed by atoms with Crippen molar-refractivity contribution in [1.82, 2.24) is 0 Å². The van der Waals surface area contributed by atoms with Gasteiger partial charge < -0.3 is 14.5 Å². The highest BCUT2D eigenvalue weighted by atomic mass is 16.5. The number of hydrogen-bond donors (Lipinski definition) is 1. The maximum absolute atomic E-state index is 12.2. The summed E-state index contributed by atoms with van der Waals surface area (Å²) in [5.74, 6) is 1.91. The Morgan fingerprint density at radius 1 is 1.04 bits per heavy atom. The van der Waals surface area contributed by atoms with Crippen molar-refractivity contribution in [2.45, 2.75) is 32.8 Å². The first kappa shape index (κ1) is 17.8. The summed E-state index contributed by atoms with van der Waals surface area (Å²) in [6.45, 7) is 4.67. The Morgan fingerprint density at radius 2 is 1.77 bits per heavy atom. The van der Waals surface area contributed by atoms with Crippen LogP contribution in [0.3, 0.4) is 0 Å². The predicted molar refractivity (Wildman–Crippen MR) is 103 cm³/mol. The van der Waals surface area contributed by atoms with Gasteiger partial charge in [0.05, 0.1) is 0 Å². The molecule has 0 aliphatic carbocycles. The van der Waals surface area contributed by atoms with Crippen molar-refractivity contribution in [3.8, 4) is 5.75 Å². The number of para-hydroxylation sites is 1. The molecule has 0 spiro atoms. The molecule has 1 N–H and O–H groups in total. The summed E-state index contributed by atoms with van der Waals surface area (Å²) >= 11 is 0. The topological polar surface area (TPSA) is 51.5 Å². The average Bonchev–Trinajstić information content (AvgIpc) is 3.16. The molecule has 0 saturated carbocycles. The monoisotopic (exact) mass is 349 g/mol. The third kappa shape index (κ3) is 4.54. The fourth-order valence-corrected chi connectivity index (χ4v) is 2.57. The van der Waals surface area contributed by atoms with Gasteiger partial charge in [0.25, 0.3) is 5.91 Å². The highest BCUT2D eigenvalue weighted by Crippen LogP contribution is 2.22. The van der Waals surface area contributed by atoms with Crippen molar-refractivity contribution in [2.24, 2.45) is 0 Å². The highest BCUT2D eigenvalue weighted by molar-refractivity contribution is 6.02. The number of carbonyl (C=O) groups is 1. The van der Waals surface area contributed by atoms with Crippen LogP contribution in [0.1, 0.15) is 48.1 Å². The van der Waals surface area contributed by atoms with Gasteiger partial charge in [-0.05, 0) is 54.3 Å². The van der Waals surface area contributed by atoms with Gasteiger partial charge in [-0.3, -0.25) is 4.79 Å². The van der Waals surface area contributed by atoms with Gasteiger partial charge in [0.1, 0.15) is 18.1 Å². The van der Waals surface area contributed by atoms with E-state index >= 15 is 0 Å². The van der Waals surface area contributed by atoms with Gasteiger partial charge >= 0.3 is 0 Å². The van der Waals surface area contributed by atoms with Gasteiger partial charge in [0.2, 0.25) is 0 Å². The van der Waals surface area contributed by atoms with Crippen LogP contribution in [0.15, 0.2) is 71.1 Å². The van der Waals surface area contributed by atoms with E-state index in [-0.39, 0.29) is 18.3 Å². The highest BCUT2D eigenvalue weighted by Gasteiger charge is 2.12. The normalized spacial score (nSPS) is 11.8. The minimum absolute atomic E-state index is 0.263. The summed E-state index contributed by atoms with van der Waals surface area (Å²) in [7, 11) is 0. The molecule has 1 heterocycles. The Morgan fingerprint density at radius 3 is 2.46 bits per heavy atom. The third-order valence-electron chi connectivity index (χ3n) is 4.36. The van der Waals surface area contributed by atoms with E-state index in [0.717, 1.165) is 17.9 Å². The van der Waals surface area contributed by atoms with Gasteiger partial charge in [-0.25, -0.2) is 0 Å². The molecule has 134 valence electrons. The van der Waals surface area contributed by atoms with Gasteiger partial charge in [0, 0.05) is 5.69 Å². The summed E-state index contributed by atoms with van der Waals surface area (Å²) in [6, 6.07) is 20.8. The predicted octanol–water partition coefficient (Wildman–Crippen LogP) is 5.62. The zero-order valence-electron chi connectivity index (χ0n) is 15.1.